The first kappa shape index (κ1) is 47.2. The Morgan fingerprint density at radius 2 is 1.22 bits per heavy atom. The number of halogens is 6. The molecule has 3 aromatic rings. The van der Waals surface area contributed by atoms with Gasteiger partial charge in [0.25, 0.3) is 5.83 Å². The highest BCUT2D eigenvalue weighted by Gasteiger charge is 2.67. The number of aromatic carboxylic acids is 2. The molecule has 4 N–H and O–H groups in total. The van der Waals surface area contributed by atoms with Gasteiger partial charge in [0.05, 0.1) is 30.4 Å². The van der Waals surface area contributed by atoms with Gasteiger partial charge >= 0.3 is 30.0 Å². The maximum Gasteiger partial charge on any atom is 0.426 e. The zero-order valence-corrected chi connectivity index (χ0v) is 32.7. The molecule has 1 fully saturated rings. The smallest absolute Gasteiger partial charge is 0.426 e. The van der Waals surface area contributed by atoms with Crippen molar-refractivity contribution in [2.45, 2.75) is 126 Å². The van der Waals surface area contributed by atoms with Crippen LogP contribution in [-0.4, -0.2) is 80.7 Å². The summed E-state index contributed by atoms with van der Waals surface area (Å²) >= 11 is 0. The lowest BCUT2D eigenvalue weighted by Gasteiger charge is -2.56. The molecule has 0 amide bonds. The van der Waals surface area contributed by atoms with Crippen molar-refractivity contribution in [2.75, 3.05) is 6.61 Å². The van der Waals surface area contributed by atoms with Crippen LogP contribution in [0, 0.1) is 0 Å². The Morgan fingerprint density at radius 1 is 0.729 bits per heavy atom. The third kappa shape index (κ3) is 11.2. The lowest BCUT2D eigenvalue weighted by Crippen LogP contribution is -2.75. The minimum atomic E-state index is -5.91. The van der Waals surface area contributed by atoms with Crippen LogP contribution >= 0.6 is 0 Å². The van der Waals surface area contributed by atoms with E-state index in [0.29, 0.717) is 18.4 Å². The fraction of sp³-hybridized carbons (Fsp3) is 0.488. The van der Waals surface area contributed by atoms with E-state index >= 15 is 17.6 Å². The standard InChI is InChI=1S/C43H50F6O10/c1-3-4-5-6-7-8-9-17-24-57-43(48,49)42(46,47)34(44)36(45)59-39-35(56-27-29-18-11-10-12-19-29)41(55,26-31-21-14-16-23-33(31)38(52)53)40(54,28(2)58-39)25-30-20-13-15-22-32(30)37(50)51/h10-16,18-23,28,35,39,54-55H,3-9,17,24-27H2,1-2H3,(H,50,51)(H,52,53)/t28-,35+,39-,40+,41-/m1/s1. The zero-order valence-electron chi connectivity index (χ0n) is 32.7. The van der Waals surface area contributed by atoms with Gasteiger partial charge < -0.3 is 39.4 Å². The zero-order chi connectivity index (χ0) is 43.4. The molecule has 0 aliphatic carbocycles. The third-order valence-electron chi connectivity index (χ3n) is 10.5. The molecule has 1 saturated heterocycles. The van der Waals surface area contributed by atoms with Gasteiger partial charge in [-0.3, -0.25) is 0 Å². The molecule has 1 heterocycles. The number of unbranched alkanes of at least 4 members (excludes halogenated alkanes) is 7. The molecule has 324 valence electrons. The minimum absolute atomic E-state index is 0.0541. The van der Waals surface area contributed by atoms with Crippen LogP contribution in [0.4, 0.5) is 26.3 Å². The summed E-state index contributed by atoms with van der Waals surface area (Å²) < 4.78 is 111. The predicted molar refractivity (Wildman–Crippen MR) is 202 cm³/mol. The first-order valence-corrected chi connectivity index (χ1v) is 19.4. The SMILES string of the molecule is CCCCCCCCCCOC(F)(F)C(F)(F)C(F)=C(F)O[C@H]1O[C@H](C)[C@@](O)(Cc2ccccc2C(=O)O)[C@@](O)(Cc2ccccc2C(=O)O)[C@H]1OCc1ccccc1. The summed E-state index contributed by atoms with van der Waals surface area (Å²) in [5.41, 5.74) is -6.14. The molecule has 1 aliphatic heterocycles. The van der Waals surface area contributed by atoms with Crippen molar-refractivity contribution in [3.05, 3.63) is 119 Å². The second-order valence-corrected chi connectivity index (χ2v) is 14.6. The average molecular weight is 841 g/mol. The van der Waals surface area contributed by atoms with Gasteiger partial charge in [0.2, 0.25) is 6.29 Å². The van der Waals surface area contributed by atoms with Crippen LogP contribution in [0.1, 0.15) is 103 Å². The fourth-order valence-electron chi connectivity index (χ4n) is 7.10. The second-order valence-electron chi connectivity index (χ2n) is 14.6. The number of aliphatic hydroxyl groups is 2. The van der Waals surface area contributed by atoms with Gasteiger partial charge in [0.15, 0.2) is 6.10 Å². The first-order chi connectivity index (χ1) is 27.9. The van der Waals surface area contributed by atoms with Crippen molar-refractivity contribution in [3.8, 4) is 0 Å². The van der Waals surface area contributed by atoms with Gasteiger partial charge in [-0.15, -0.1) is 0 Å². The van der Waals surface area contributed by atoms with E-state index in [1.54, 1.807) is 30.3 Å². The van der Waals surface area contributed by atoms with E-state index in [1.807, 2.05) is 6.92 Å². The van der Waals surface area contributed by atoms with Crippen LogP contribution in [-0.2, 0) is 38.4 Å². The normalized spacial score (nSPS) is 22.8. The Bertz CT molecular complexity index is 1880. The van der Waals surface area contributed by atoms with Crippen LogP contribution in [0.3, 0.4) is 0 Å². The topological polar surface area (TPSA) is 152 Å². The highest BCUT2D eigenvalue weighted by Crippen LogP contribution is 2.48. The summed E-state index contributed by atoms with van der Waals surface area (Å²) in [6.07, 6.45) is -7.93. The van der Waals surface area contributed by atoms with Gasteiger partial charge in [-0.2, -0.15) is 26.3 Å². The summed E-state index contributed by atoms with van der Waals surface area (Å²) in [5, 5.41) is 45.4. The van der Waals surface area contributed by atoms with E-state index in [2.05, 4.69) is 4.74 Å². The Kier molecular flexibility index (Phi) is 16.5. The molecule has 3 aromatic carbocycles. The Balaban J connectivity index is 1.74. The molecule has 4 rings (SSSR count). The van der Waals surface area contributed by atoms with Crippen molar-refractivity contribution in [1.82, 2.24) is 0 Å². The highest BCUT2D eigenvalue weighted by molar-refractivity contribution is 5.90. The van der Waals surface area contributed by atoms with Crippen LogP contribution in [0.25, 0.3) is 0 Å². The van der Waals surface area contributed by atoms with E-state index < -0.39 is 91.6 Å². The Labute approximate surface area is 338 Å². The summed E-state index contributed by atoms with van der Waals surface area (Å²) in [6, 6.07) is 15.6. The van der Waals surface area contributed by atoms with Crippen molar-refractivity contribution < 1.29 is 75.3 Å². The van der Waals surface area contributed by atoms with Gasteiger partial charge in [-0.1, -0.05) is 119 Å². The maximum atomic E-state index is 15.6. The molecular formula is C43H50F6O10. The summed E-state index contributed by atoms with van der Waals surface area (Å²) in [4.78, 5) is 24.5. The van der Waals surface area contributed by atoms with Crippen LogP contribution < -0.4 is 0 Å². The molecule has 0 saturated carbocycles. The molecular weight excluding hydrogens is 790 g/mol. The first-order valence-electron chi connectivity index (χ1n) is 19.4. The van der Waals surface area contributed by atoms with Crippen molar-refractivity contribution in [2.24, 2.45) is 0 Å². The number of carbonyl (C=O) groups is 2. The number of alkyl halides is 4. The monoisotopic (exact) mass is 840 g/mol. The molecule has 0 aromatic heterocycles. The third-order valence-corrected chi connectivity index (χ3v) is 10.5. The molecule has 0 spiro atoms. The lowest BCUT2D eigenvalue weighted by molar-refractivity contribution is -0.366. The molecule has 59 heavy (non-hydrogen) atoms. The lowest BCUT2D eigenvalue weighted by atomic mass is 9.66. The van der Waals surface area contributed by atoms with Gasteiger partial charge in [0, 0.05) is 12.8 Å². The summed E-state index contributed by atoms with van der Waals surface area (Å²) in [6.45, 7) is 1.77. The second kappa shape index (κ2) is 20.7. The van der Waals surface area contributed by atoms with E-state index in [-0.39, 0.29) is 28.7 Å². The molecule has 1 aliphatic rings. The quantitative estimate of drug-likeness (QED) is 0.0413. The van der Waals surface area contributed by atoms with Crippen molar-refractivity contribution >= 4 is 11.9 Å². The molecule has 0 unspecified atom stereocenters. The average Bonchev–Trinajstić information content (AvgIpc) is 3.19. The number of benzene rings is 3. The molecule has 0 radical (unpaired) electrons. The van der Waals surface area contributed by atoms with E-state index in [4.69, 9.17) is 14.2 Å². The van der Waals surface area contributed by atoms with E-state index in [1.165, 1.54) is 48.5 Å². The number of hydrogen-bond acceptors (Lipinski definition) is 8. The van der Waals surface area contributed by atoms with E-state index in [0.717, 1.165) is 39.0 Å². The number of carboxylic acids is 2. The van der Waals surface area contributed by atoms with Crippen LogP contribution in [0.5, 0.6) is 0 Å². The maximum absolute atomic E-state index is 15.6. The minimum Gasteiger partial charge on any atom is -0.478 e. The Hall–Kier alpha value is -4.48. The van der Waals surface area contributed by atoms with Crippen molar-refractivity contribution in [1.29, 1.82) is 0 Å². The van der Waals surface area contributed by atoms with E-state index in [9.17, 15) is 38.8 Å². The van der Waals surface area contributed by atoms with Gasteiger partial charge in [0.1, 0.15) is 11.2 Å². The summed E-state index contributed by atoms with van der Waals surface area (Å²) in [5.74, 6) is -12.2. The van der Waals surface area contributed by atoms with Gasteiger partial charge in [-0.05, 0) is 42.2 Å². The molecule has 5 atom stereocenters. The molecule has 0 bridgehead atoms. The van der Waals surface area contributed by atoms with Crippen LogP contribution in [0.2, 0.25) is 0 Å². The Morgan fingerprint density at radius 3 is 1.76 bits per heavy atom. The number of ether oxygens (including phenoxy) is 4. The largest absolute Gasteiger partial charge is 0.478 e. The van der Waals surface area contributed by atoms with Gasteiger partial charge in [-0.25, -0.2) is 9.59 Å². The summed E-state index contributed by atoms with van der Waals surface area (Å²) in [7, 11) is 0. The number of rotatable bonds is 23. The number of carboxylic acid groups (broad SMARTS) is 2. The molecule has 10 nitrogen and oxygen atoms in total. The highest BCUT2D eigenvalue weighted by atomic mass is 19.3. The van der Waals surface area contributed by atoms with Crippen LogP contribution in [0.15, 0.2) is 90.7 Å². The molecule has 16 heteroatoms. The van der Waals surface area contributed by atoms with Crippen molar-refractivity contribution in [3.63, 3.8) is 0 Å². The number of hydrogen-bond donors (Lipinski definition) is 4. The predicted octanol–water partition coefficient (Wildman–Crippen LogP) is 9.17. The fourth-order valence-corrected chi connectivity index (χ4v) is 7.10.